The first-order valence-electron chi connectivity index (χ1n) is 6.23. The smallest absolute Gasteiger partial charge is 0.131 e. The summed E-state index contributed by atoms with van der Waals surface area (Å²) in [5.41, 5.74) is 0.755. The lowest BCUT2D eigenvalue weighted by Gasteiger charge is -2.03. The topological polar surface area (TPSA) is 42.7 Å². The lowest BCUT2D eigenvalue weighted by Crippen LogP contribution is -2.13. The normalized spacial score (nSPS) is 10.9. The average Bonchev–Trinajstić information content (AvgIpc) is 2.82. The number of hydrogen-bond donors (Lipinski definition) is 1. The van der Waals surface area contributed by atoms with Crippen LogP contribution in [0.1, 0.15) is 24.6 Å². The van der Waals surface area contributed by atoms with Crippen molar-refractivity contribution in [3.8, 4) is 0 Å². The predicted molar refractivity (Wildman–Crippen MR) is 67.5 cm³/mol. The summed E-state index contributed by atoms with van der Waals surface area (Å²) < 4.78 is 28.4. The summed E-state index contributed by atoms with van der Waals surface area (Å²) in [6.45, 7) is 3.62. The number of nitrogens with one attached hydrogen (secondary N) is 1. The fourth-order valence-corrected chi connectivity index (χ4v) is 1.74. The van der Waals surface area contributed by atoms with Gasteiger partial charge in [-0.3, -0.25) is 0 Å². The van der Waals surface area contributed by atoms with Gasteiger partial charge in [-0.15, -0.1) is 5.10 Å². The molecule has 0 bridgehead atoms. The lowest BCUT2D eigenvalue weighted by molar-refractivity contribution is 0.528. The van der Waals surface area contributed by atoms with Crippen LogP contribution < -0.4 is 5.32 Å². The number of hydrogen-bond acceptors (Lipinski definition) is 3. The summed E-state index contributed by atoms with van der Waals surface area (Å²) in [4.78, 5) is 0. The second-order valence-electron chi connectivity index (χ2n) is 4.28. The number of rotatable bonds is 6. The van der Waals surface area contributed by atoms with Gasteiger partial charge in [0.1, 0.15) is 11.6 Å². The fraction of sp³-hybridized carbons (Fsp3) is 0.385. The summed E-state index contributed by atoms with van der Waals surface area (Å²) >= 11 is 0. The maximum Gasteiger partial charge on any atom is 0.131 e. The highest BCUT2D eigenvalue weighted by Gasteiger charge is 2.10. The molecule has 4 nitrogen and oxygen atoms in total. The highest BCUT2D eigenvalue weighted by molar-refractivity contribution is 5.19. The lowest BCUT2D eigenvalue weighted by atomic mass is 10.2. The summed E-state index contributed by atoms with van der Waals surface area (Å²) in [7, 11) is 0. The molecule has 1 aromatic carbocycles. The highest BCUT2D eigenvalue weighted by atomic mass is 19.1. The van der Waals surface area contributed by atoms with Crippen LogP contribution in [0.4, 0.5) is 8.78 Å². The summed E-state index contributed by atoms with van der Waals surface area (Å²) in [6.07, 6.45) is 2.73. The average molecular weight is 266 g/mol. The van der Waals surface area contributed by atoms with E-state index in [0.29, 0.717) is 6.54 Å². The Labute approximate surface area is 110 Å². The first-order valence-corrected chi connectivity index (χ1v) is 6.23. The molecule has 6 heteroatoms. The van der Waals surface area contributed by atoms with Gasteiger partial charge in [0.2, 0.25) is 0 Å². The van der Waals surface area contributed by atoms with Gasteiger partial charge >= 0.3 is 0 Å². The molecule has 0 atom stereocenters. The van der Waals surface area contributed by atoms with Crippen molar-refractivity contribution in [1.82, 2.24) is 20.3 Å². The van der Waals surface area contributed by atoms with E-state index < -0.39 is 11.6 Å². The standard InChI is InChI=1S/C13H16F2N4/c1-2-6-16-7-10-8-19(18-17-10)9-11-12(14)4-3-5-13(11)15/h3-5,8,16H,2,6-7,9H2,1H3. The van der Waals surface area contributed by atoms with Gasteiger partial charge in [-0.2, -0.15) is 0 Å². The van der Waals surface area contributed by atoms with Crippen LogP contribution in [0.2, 0.25) is 0 Å². The van der Waals surface area contributed by atoms with Crippen molar-refractivity contribution in [2.75, 3.05) is 6.54 Å². The van der Waals surface area contributed by atoms with Crippen LogP contribution in [0.25, 0.3) is 0 Å². The zero-order valence-electron chi connectivity index (χ0n) is 10.7. The van der Waals surface area contributed by atoms with Crippen LogP contribution in [0, 0.1) is 11.6 Å². The van der Waals surface area contributed by atoms with Crippen molar-refractivity contribution in [2.45, 2.75) is 26.4 Å². The van der Waals surface area contributed by atoms with E-state index in [4.69, 9.17) is 0 Å². The summed E-state index contributed by atoms with van der Waals surface area (Å²) in [5.74, 6) is -1.14. The van der Waals surface area contributed by atoms with Crippen molar-refractivity contribution < 1.29 is 8.78 Å². The summed E-state index contributed by atoms with van der Waals surface area (Å²) in [6, 6.07) is 3.81. The Hall–Kier alpha value is -1.82. The largest absolute Gasteiger partial charge is 0.311 e. The minimum absolute atomic E-state index is 0.000433. The van der Waals surface area contributed by atoms with Gasteiger partial charge in [0.05, 0.1) is 18.4 Å². The van der Waals surface area contributed by atoms with E-state index >= 15 is 0 Å². The van der Waals surface area contributed by atoms with Crippen molar-refractivity contribution in [3.05, 3.63) is 47.3 Å². The molecule has 1 aromatic heterocycles. The molecule has 0 saturated heterocycles. The van der Waals surface area contributed by atoms with Gasteiger partial charge in [0.15, 0.2) is 0 Å². The molecule has 0 radical (unpaired) electrons. The maximum atomic E-state index is 13.5. The van der Waals surface area contributed by atoms with Crippen LogP contribution in [-0.2, 0) is 13.1 Å². The SMILES string of the molecule is CCCNCc1cn(Cc2c(F)cccc2F)nn1. The molecule has 0 aliphatic heterocycles. The van der Waals surface area contributed by atoms with Crippen molar-refractivity contribution >= 4 is 0 Å². The molecule has 0 aliphatic rings. The molecule has 0 spiro atoms. The monoisotopic (exact) mass is 266 g/mol. The number of aromatic nitrogens is 3. The number of benzene rings is 1. The van der Waals surface area contributed by atoms with E-state index in [1.807, 2.05) is 0 Å². The maximum absolute atomic E-state index is 13.5. The first kappa shape index (κ1) is 13.6. The molecular weight excluding hydrogens is 250 g/mol. The minimum Gasteiger partial charge on any atom is -0.311 e. The van der Waals surface area contributed by atoms with Gasteiger partial charge in [-0.25, -0.2) is 13.5 Å². The highest BCUT2D eigenvalue weighted by Crippen LogP contribution is 2.13. The van der Waals surface area contributed by atoms with Crippen LogP contribution in [0.15, 0.2) is 24.4 Å². The third-order valence-electron chi connectivity index (χ3n) is 2.70. The van der Waals surface area contributed by atoms with E-state index in [-0.39, 0.29) is 12.1 Å². The van der Waals surface area contributed by atoms with Crippen LogP contribution in [0.3, 0.4) is 0 Å². The first-order chi connectivity index (χ1) is 9.20. The Morgan fingerprint density at radius 3 is 2.68 bits per heavy atom. The van der Waals surface area contributed by atoms with Gasteiger partial charge in [0, 0.05) is 12.1 Å². The minimum atomic E-state index is -0.568. The van der Waals surface area contributed by atoms with Crippen LogP contribution >= 0.6 is 0 Å². The van der Waals surface area contributed by atoms with Crippen molar-refractivity contribution in [1.29, 1.82) is 0 Å². The second-order valence-corrected chi connectivity index (χ2v) is 4.28. The molecule has 0 amide bonds. The second kappa shape index (κ2) is 6.38. The Morgan fingerprint density at radius 1 is 1.26 bits per heavy atom. The molecule has 1 heterocycles. The molecule has 0 fully saturated rings. The predicted octanol–water partition coefficient (Wildman–Crippen LogP) is 2.10. The molecule has 2 aromatic rings. The molecule has 0 aliphatic carbocycles. The van der Waals surface area contributed by atoms with E-state index in [1.54, 1.807) is 6.20 Å². The van der Waals surface area contributed by atoms with Gasteiger partial charge in [-0.05, 0) is 25.1 Å². The van der Waals surface area contributed by atoms with E-state index in [1.165, 1.54) is 22.9 Å². The molecule has 0 saturated carbocycles. The zero-order valence-corrected chi connectivity index (χ0v) is 10.7. The summed E-state index contributed by atoms with van der Waals surface area (Å²) in [5, 5.41) is 11.0. The molecule has 1 N–H and O–H groups in total. The Bertz CT molecular complexity index is 519. The fourth-order valence-electron chi connectivity index (χ4n) is 1.74. The molecule has 2 rings (SSSR count). The molecular formula is C13H16F2N4. The van der Waals surface area contributed by atoms with Crippen molar-refractivity contribution in [2.24, 2.45) is 0 Å². The third kappa shape index (κ3) is 3.57. The van der Waals surface area contributed by atoms with Gasteiger partial charge < -0.3 is 5.32 Å². The molecule has 0 unspecified atom stereocenters. The Kier molecular flexibility index (Phi) is 4.57. The Morgan fingerprint density at radius 2 is 2.00 bits per heavy atom. The van der Waals surface area contributed by atoms with Crippen molar-refractivity contribution in [3.63, 3.8) is 0 Å². The van der Waals surface area contributed by atoms with Gasteiger partial charge in [-0.1, -0.05) is 18.2 Å². The zero-order chi connectivity index (χ0) is 13.7. The van der Waals surface area contributed by atoms with Gasteiger partial charge in [0.25, 0.3) is 0 Å². The quantitative estimate of drug-likeness (QED) is 0.814. The van der Waals surface area contributed by atoms with E-state index in [2.05, 4.69) is 22.6 Å². The van der Waals surface area contributed by atoms with E-state index in [0.717, 1.165) is 18.7 Å². The molecule has 102 valence electrons. The third-order valence-corrected chi connectivity index (χ3v) is 2.70. The number of halogens is 2. The number of nitrogens with zero attached hydrogens (tertiary/aromatic N) is 3. The van der Waals surface area contributed by atoms with Crippen LogP contribution in [-0.4, -0.2) is 21.5 Å². The van der Waals surface area contributed by atoms with E-state index in [9.17, 15) is 8.78 Å². The molecule has 19 heavy (non-hydrogen) atoms. The van der Waals surface area contributed by atoms with Crippen LogP contribution in [0.5, 0.6) is 0 Å². The Balaban J connectivity index is 2.03.